The van der Waals surface area contributed by atoms with Crippen LogP contribution < -0.4 is 9.92 Å². The number of primary amides is 1. The molecule has 0 saturated carbocycles. The topological polar surface area (TPSA) is 128 Å². The van der Waals surface area contributed by atoms with Crippen molar-refractivity contribution in [1.29, 1.82) is 5.26 Å². The maximum Gasteiger partial charge on any atom is 0.550 e. The van der Waals surface area contributed by atoms with E-state index in [4.69, 9.17) is 15.2 Å². The van der Waals surface area contributed by atoms with Crippen LogP contribution in [0, 0.1) is 11.3 Å². The van der Waals surface area contributed by atoms with Crippen molar-refractivity contribution in [2.24, 2.45) is 5.73 Å². The smallest absolute Gasteiger partial charge is 0.392 e. The molecule has 1 rings (SSSR count). The number of hydrogen-bond acceptors (Lipinski definition) is 9. The van der Waals surface area contributed by atoms with E-state index >= 15 is 0 Å². The second-order valence-corrected chi connectivity index (χ2v) is 4.98. The minimum atomic E-state index is -5.01. The second-order valence-electron chi connectivity index (χ2n) is 3.57. The number of aliphatic hydroxyl groups excluding tert-OH is 1. The van der Waals surface area contributed by atoms with Crippen molar-refractivity contribution < 1.29 is 36.5 Å². The van der Waals surface area contributed by atoms with E-state index in [0.29, 0.717) is 0 Å². The molecule has 1 aromatic heterocycles. The highest BCUT2D eigenvalue weighted by molar-refractivity contribution is 8.00. The average molecular weight is 371 g/mol. The van der Waals surface area contributed by atoms with Gasteiger partial charge in [-0.1, -0.05) is 11.8 Å². The van der Waals surface area contributed by atoms with E-state index in [2.05, 4.69) is 14.2 Å². The van der Waals surface area contributed by atoms with Gasteiger partial charge in [0.05, 0.1) is 17.9 Å². The number of nitriles is 1. The van der Waals surface area contributed by atoms with Gasteiger partial charge in [0.1, 0.15) is 11.1 Å². The molecule has 23 heavy (non-hydrogen) atoms. The lowest BCUT2D eigenvalue weighted by molar-refractivity contribution is -0.441. The summed E-state index contributed by atoms with van der Waals surface area (Å²) in [5.74, 6) is -1.14. The van der Waals surface area contributed by atoms with E-state index in [1.165, 1.54) is 0 Å². The van der Waals surface area contributed by atoms with E-state index < -0.39 is 18.9 Å². The number of carbonyl (C=O) groups is 1. The molecule has 0 aromatic carbocycles. The Hall–Kier alpha value is -1.72. The molecule has 0 spiro atoms. The molecule has 0 saturated heterocycles. The summed E-state index contributed by atoms with van der Waals surface area (Å²) in [5.41, 5.74) is 5.07. The van der Waals surface area contributed by atoms with Crippen molar-refractivity contribution in [3.05, 3.63) is 17.2 Å². The normalized spacial score (nSPS) is 11.1. The zero-order valence-electron chi connectivity index (χ0n) is 11.0. The summed E-state index contributed by atoms with van der Waals surface area (Å²) in [6.45, 7) is -0.559. The van der Waals surface area contributed by atoms with Gasteiger partial charge >= 0.3 is 6.36 Å². The van der Waals surface area contributed by atoms with E-state index in [1.54, 1.807) is 6.07 Å². The Bertz CT molecular complexity index is 609. The molecule has 0 aliphatic rings. The van der Waals surface area contributed by atoms with Crippen LogP contribution in [0.5, 0.6) is 5.88 Å². The number of amides is 1. The van der Waals surface area contributed by atoms with Gasteiger partial charge in [-0.05, 0) is 0 Å². The number of halogens is 3. The minimum absolute atomic E-state index is 0.0106. The van der Waals surface area contributed by atoms with Gasteiger partial charge in [-0.25, -0.2) is 4.98 Å². The van der Waals surface area contributed by atoms with Crippen LogP contribution in [-0.4, -0.2) is 28.1 Å². The summed E-state index contributed by atoms with van der Waals surface area (Å²) in [5, 5.41) is 18.3. The first-order chi connectivity index (χ1) is 10.8. The highest BCUT2D eigenvalue weighted by Crippen LogP contribution is 2.29. The van der Waals surface area contributed by atoms with Crippen molar-refractivity contribution in [3.8, 4) is 11.9 Å². The highest BCUT2D eigenvalue weighted by atomic mass is 32.2. The van der Waals surface area contributed by atoms with Crippen molar-refractivity contribution in [2.45, 2.75) is 18.0 Å². The number of carbonyl (C=O) groups excluding carboxylic acids is 1. The number of rotatable bonds is 8. The molecule has 0 bridgehead atoms. The zero-order chi connectivity index (χ0) is 17.5. The fourth-order valence-electron chi connectivity index (χ4n) is 1.18. The van der Waals surface area contributed by atoms with Crippen molar-refractivity contribution in [2.75, 3.05) is 5.75 Å². The number of thioether (sulfide) groups is 1. The first-order valence-electron chi connectivity index (χ1n) is 5.48. The van der Waals surface area contributed by atoms with Crippen molar-refractivity contribution >= 4 is 30.0 Å². The number of pyridine rings is 1. The van der Waals surface area contributed by atoms with E-state index in [-0.39, 0.29) is 40.1 Å². The van der Waals surface area contributed by atoms with Crippen LogP contribution in [0.1, 0.15) is 11.1 Å². The molecule has 8 nitrogen and oxygen atoms in total. The first kappa shape index (κ1) is 19.3. The Balaban J connectivity index is 2.85. The SMILES string of the molecule is N#Cc1c(CO)cc(OSOOC(F)(F)F)nc1SCC(N)=O. The molecule has 0 radical (unpaired) electrons. The van der Waals surface area contributed by atoms with Crippen LogP contribution in [0.3, 0.4) is 0 Å². The molecular weight excluding hydrogens is 363 g/mol. The van der Waals surface area contributed by atoms with Crippen molar-refractivity contribution in [3.63, 3.8) is 0 Å². The predicted molar refractivity (Wildman–Crippen MR) is 71.2 cm³/mol. The molecule has 0 aliphatic carbocycles. The van der Waals surface area contributed by atoms with Crippen LogP contribution in [0.25, 0.3) is 0 Å². The predicted octanol–water partition coefficient (Wildman–Crippen LogP) is 1.43. The molecule has 0 atom stereocenters. The molecule has 0 fully saturated rings. The lowest BCUT2D eigenvalue weighted by Gasteiger charge is -2.09. The maximum absolute atomic E-state index is 11.7. The number of aromatic nitrogens is 1. The summed E-state index contributed by atoms with van der Waals surface area (Å²) < 4.78 is 43.5. The maximum atomic E-state index is 11.7. The van der Waals surface area contributed by atoms with Crippen LogP contribution in [0.4, 0.5) is 13.2 Å². The number of aliphatic hydroxyl groups is 1. The number of hydrogen-bond donors (Lipinski definition) is 2. The van der Waals surface area contributed by atoms with Crippen molar-refractivity contribution in [1.82, 2.24) is 4.98 Å². The third kappa shape index (κ3) is 6.93. The Kier molecular flexibility index (Phi) is 7.39. The third-order valence-electron chi connectivity index (χ3n) is 1.95. The third-order valence-corrected chi connectivity index (χ3v) is 3.31. The molecule has 1 aromatic rings. The van der Waals surface area contributed by atoms with Gasteiger partial charge < -0.3 is 15.0 Å². The van der Waals surface area contributed by atoms with Gasteiger partial charge in [-0.2, -0.15) is 5.26 Å². The van der Waals surface area contributed by atoms with Gasteiger partial charge in [-0.3, -0.25) is 4.79 Å². The number of nitrogens with zero attached hydrogens (tertiary/aromatic N) is 2. The lowest BCUT2D eigenvalue weighted by Crippen LogP contribution is -2.13. The Morgan fingerprint density at radius 3 is 2.74 bits per heavy atom. The van der Waals surface area contributed by atoms with Crippen LogP contribution in [-0.2, 0) is 20.6 Å². The van der Waals surface area contributed by atoms with Crippen LogP contribution in [0.15, 0.2) is 11.1 Å². The Morgan fingerprint density at radius 1 is 1.52 bits per heavy atom. The summed E-state index contributed by atoms with van der Waals surface area (Å²) in [4.78, 5) is 17.6. The summed E-state index contributed by atoms with van der Waals surface area (Å²) in [6.07, 6.45) is -5.01. The van der Waals surface area contributed by atoms with Crippen LogP contribution in [0.2, 0.25) is 0 Å². The monoisotopic (exact) mass is 371 g/mol. The fraction of sp³-hybridized carbons (Fsp3) is 0.300. The zero-order valence-corrected chi connectivity index (χ0v) is 12.6. The summed E-state index contributed by atoms with van der Waals surface area (Å²) in [6, 6.07) is 2.91. The standard InChI is InChI=1S/C10H8F3N3O5S2/c11-10(12,13)20-21-23-19-8-1-5(3-17)6(2-14)9(16-8)22-4-7(15)18/h1,17H,3-4H2,(H2,15,18). The van der Waals surface area contributed by atoms with Gasteiger partial charge in [0.2, 0.25) is 11.8 Å². The minimum Gasteiger partial charge on any atom is -0.392 e. The fourth-order valence-corrected chi connectivity index (χ4v) is 2.22. The molecule has 1 heterocycles. The summed E-state index contributed by atoms with van der Waals surface area (Å²) >= 11 is 0.635. The van der Waals surface area contributed by atoms with E-state index in [0.717, 1.165) is 17.8 Å². The number of nitrogens with two attached hydrogens (primary N) is 1. The molecule has 13 heteroatoms. The average Bonchev–Trinajstić information content (AvgIpc) is 2.47. The lowest BCUT2D eigenvalue weighted by atomic mass is 10.1. The first-order valence-corrected chi connectivity index (χ1v) is 7.13. The van der Waals surface area contributed by atoms with E-state index in [9.17, 15) is 23.1 Å². The van der Waals surface area contributed by atoms with Crippen LogP contribution >= 0.6 is 24.1 Å². The molecule has 0 aliphatic heterocycles. The van der Waals surface area contributed by atoms with Gasteiger partial charge in [0, 0.05) is 11.6 Å². The molecule has 1 amide bonds. The molecule has 3 N–H and O–H groups in total. The molecule has 0 unspecified atom stereocenters. The Labute approximate surface area is 136 Å². The van der Waals surface area contributed by atoms with Gasteiger partial charge in [-0.15, -0.1) is 22.4 Å². The highest BCUT2D eigenvalue weighted by Gasteiger charge is 2.32. The van der Waals surface area contributed by atoms with Gasteiger partial charge in [0.15, 0.2) is 0 Å². The molecule has 126 valence electrons. The number of alkyl halides is 3. The Morgan fingerprint density at radius 2 is 2.22 bits per heavy atom. The largest absolute Gasteiger partial charge is 0.550 e. The molecular formula is C10H8F3N3O5S2. The van der Waals surface area contributed by atoms with Gasteiger partial charge in [0.25, 0.3) is 12.3 Å². The second kappa shape index (κ2) is 8.79. The summed E-state index contributed by atoms with van der Waals surface area (Å²) in [7, 11) is 0. The quantitative estimate of drug-likeness (QED) is 0.229. The van der Waals surface area contributed by atoms with E-state index in [1.807, 2.05) is 0 Å².